The molecule has 2 rings (SSSR count). The lowest BCUT2D eigenvalue weighted by atomic mass is 10.0. The van der Waals surface area contributed by atoms with Crippen LogP contribution in [0.3, 0.4) is 0 Å². The zero-order valence-corrected chi connectivity index (χ0v) is 14.4. The third-order valence-corrected chi connectivity index (χ3v) is 3.76. The predicted octanol–water partition coefficient (Wildman–Crippen LogP) is 4.87. The summed E-state index contributed by atoms with van der Waals surface area (Å²) < 4.78 is 0. The number of rotatable bonds is 7. The van der Waals surface area contributed by atoms with Gasteiger partial charge in [0.05, 0.1) is 6.04 Å². The molecule has 0 aliphatic rings. The summed E-state index contributed by atoms with van der Waals surface area (Å²) in [6, 6.07) is 21.1. The van der Waals surface area contributed by atoms with Gasteiger partial charge in [-0.2, -0.15) is 0 Å². The van der Waals surface area contributed by atoms with E-state index < -0.39 is 0 Å². The summed E-state index contributed by atoms with van der Waals surface area (Å²) in [5.74, 6) is 6.57. The van der Waals surface area contributed by atoms with Crippen LogP contribution < -0.4 is 0 Å². The molecule has 0 bridgehead atoms. The second-order valence-electron chi connectivity index (χ2n) is 5.96. The minimum atomic E-state index is 0.127. The molecule has 1 atom stereocenters. The molecule has 0 spiro atoms. The molecule has 0 radical (unpaired) electrons. The van der Waals surface area contributed by atoms with Crippen molar-refractivity contribution in [3.63, 3.8) is 0 Å². The highest BCUT2D eigenvalue weighted by Gasteiger charge is 2.16. The first-order valence-electron chi connectivity index (χ1n) is 8.29. The Hall–Kier alpha value is -2.56. The normalized spacial score (nSPS) is 11.4. The molecule has 24 heavy (non-hydrogen) atoms. The van der Waals surface area contributed by atoms with E-state index in [0.717, 1.165) is 25.1 Å². The molecule has 0 saturated carbocycles. The fourth-order valence-electron chi connectivity index (χ4n) is 2.60. The van der Waals surface area contributed by atoms with E-state index in [4.69, 9.17) is 0 Å². The van der Waals surface area contributed by atoms with E-state index >= 15 is 0 Å². The van der Waals surface area contributed by atoms with Crippen molar-refractivity contribution < 1.29 is 0 Å². The maximum atomic E-state index is 3.92. The van der Waals surface area contributed by atoms with E-state index in [1.807, 2.05) is 25.1 Å². The fourth-order valence-corrected chi connectivity index (χ4v) is 2.60. The number of benzene rings is 2. The van der Waals surface area contributed by atoms with Crippen molar-refractivity contribution in [1.29, 1.82) is 0 Å². The van der Waals surface area contributed by atoms with Gasteiger partial charge in [-0.05, 0) is 30.0 Å². The van der Waals surface area contributed by atoms with Gasteiger partial charge in [0.15, 0.2) is 0 Å². The molecule has 0 saturated heterocycles. The van der Waals surface area contributed by atoms with Crippen molar-refractivity contribution in [3.8, 4) is 11.8 Å². The van der Waals surface area contributed by atoms with E-state index in [1.165, 1.54) is 11.1 Å². The Bertz CT molecular complexity index is 704. The Morgan fingerprint density at radius 1 is 1.04 bits per heavy atom. The minimum Gasteiger partial charge on any atom is -0.282 e. The molecule has 1 nitrogen and oxygen atoms in total. The molecular formula is C23H25N. The second kappa shape index (κ2) is 9.55. The molecule has 0 aliphatic carbocycles. The van der Waals surface area contributed by atoms with Crippen LogP contribution in [0, 0.1) is 11.8 Å². The molecule has 0 heterocycles. The maximum absolute atomic E-state index is 3.92. The molecule has 0 fully saturated rings. The van der Waals surface area contributed by atoms with Crippen molar-refractivity contribution in [2.24, 2.45) is 0 Å². The van der Waals surface area contributed by atoms with Gasteiger partial charge >= 0.3 is 0 Å². The summed E-state index contributed by atoms with van der Waals surface area (Å²) in [6.07, 6.45) is 2.84. The van der Waals surface area contributed by atoms with Gasteiger partial charge in [0.1, 0.15) is 0 Å². The predicted molar refractivity (Wildman–Crippen MR) is 104 cm³/mol. The van der Waals surface area contributed by atoms with Gasteiger partial charge in [0.25, 0.3) is 0 Å². The molecule has 0 N–H and O–H groups in total. The van der Waals surface area contributed by atoms with E-state index in [9.17, 15) is 0 Å². The number of allylic oxidation sites excluding steroid dienone is 1. The maximum Gasteiger partial charge on any atom is 0.0764 e. The number of hydrogen-bond donors (Lipinski definition) is 0. The van der Waals surface area contributed by atoms with Crippen LogP contribution in [0.5, 0.6) is 0 Å². The van der Waals surface area contributed by atoms with Crippen LogP contribution in [0.4, 0.5) is 0 Å². The average Bonchev–Trinajstić information content (AvgIpc) is 2.60. The van der Waals surface area contributed by atoms with Gasteiger partial charge in [0.2, 0.25) is 0 Å². The smallest absolute Gasteiger partial charge is 0.0764 e. The molecule has 2 aromatic carbocycles. The third-order valence-electron chi connectivity index (χ3n) is 3.76. The van der Waals surface area contributed by atoms with Crippen LogP contribution in [-0.4, -0.2) is 17.5 Å². The van der Waals surface area contributed by atoms with Crippen LogP contribution in [0.1, 0.15) is 18.1 Å². The SMILES string of the molecule is C=CCN(Cc1ccccc1)C(C#CC(=C)C)Cc1ccccc1. The average molecular weight is 315 g/mol. The molecule has 0 aromatic heterocycles. The molecular weight excluding hydrogens is 290 g/mol. The number of hydrogen-bond acceptors (Lipinski definition) is 1. The molecule has 1 heteroatoms. The van der Waals surface area contributed by atoms with Crippen molar-refractivity contribution in [1.82, 2.24) is 4.90 Å². The van der Waals surface area contributed by atoms with E-state index in [2.05, 4.69) is 78.4 Å². The van der Waals surface area contributed by atoms with E-state index in [0.29, 0.717) is 0 Å². The van der Waals surface area contributed by atoms with Crippen LogP contribution >= 0.6 is 0 Å². The molecule has 0 amide bonds. The minimum absolute atomic E-state index is 0.127. The van der Waals surface area contributed by atoms with Crippen LogP contribution in [-0.2, 0) is 13.0 Å². The summed E-state index contributed by atoms with van der Waals surface area (Å²) in [5.41, 5.74) is 3.47. The lowest BCUT2D eigenvalue weighted by Gasteiger charge is -2.27. The third kappa shape index (κ3) is 5.91. The summed E-state index contributed by atoms with van der Waals surface area (Å²) in [5, 5.41) is 0. The highest BCUT2D eigenvalue weighted by Crippen LogP contribution is 2.13. The van der Waals surface area contributed by atoms with Gasteiger partial charge in [-0.1, -0.05) is 85.2 Å². The lowest BCUT2D eigenvalue weighted by Crippen LogP contribution is -2.35. The quantitative estimate of drug-likeness (QED) is 0.521. The zero-order chi connectivity index (χ0) is 17.2. The second-order valence-corrected chi connectivity index (χ2v) is 5.96. The van der Waals surface area contributed by atoms with Crippen LogP contribution in [0.15, 0.2) is 85.5 Å². The van der Waals surface area contributed by atoms with Crippen molar-refractivity contribution in [3.05, 3.63) is 96.6 Å². The monoisotopic (exact) mass is 315 g/mol. The molecule has 1 unspecified atom stereocenters. The topological polar surface area (TPSA) is 3.24 Å². The largest absolute Gasteiger partial charge is 0.282 e. The van der Waals surface area contributed by atoms with Crippen molar-refractivity contribution >= 4 is 0 Å². The van der Waals surface area contributed by atoms with Gasteiger partial charge in [0, 0.05) is 13.1 Å². The molecule has 0 aliphatic heterocycles. The highest BCUT2D eigenvalue weighted by molar-refractivity contribution is 5.28. The van der Waals surface area contributed by atoms with E-state index in [1.54, 1.807) is 0 Å². The van der Waals surface area contributed by atoms with Gasteiger partial charge < -0.3 is 0 Å². The van der Waals surface area contributed by atoms with Crippen LogP contribution in [0.25, 0.3) is 0 Å². The van der Waals surface area contributed by atoms with Crippen LogP contribution in [0.2, 0.25) is 0 Å². The highest BCUT2D eigenvalue weighted by atomic mass is 15.1. The Balaban J connectivity index is 2.24. The first-order chi connectivity index (χ1) is 11.7. The summed E-state index contributed by atoms with van der Waals surface area (Å²) in [6.45, 7) is 11.4. The zero-order valence-electron chi connectivity index (χ0n) is 14.4. The van der Waals surface area contributed by atoms with Crippen molar-refractivity contribution in [2.45, 2.75) is 25.9 Å². The first-order valence-corrected chi connectivity index (χ1v) is 8.29. The van der Waals surface area contributed by atoms with Crippen molar-refractivity contribution in [2.75, 3.05) is 6.54 Å². The standard InChI is InChI=1S/C23H25N/c1-4-17-24(19-22-13-9-6-10-14-22)23(16-15-20(2)3)18-21-11-7-5-8-12-21/h4-14,23H,1-2,17-19H2,3H3. The van der Waals surface area contributed by atoms with Gasteiger partial charge in [-0.15, -0.1) is 6.58 Å². The first kappa shape index (κ1) is 17.8. The Labute approximate surface area is 146 Å². The Morgan fingerprint density at radius 2 is 1.62 bits per heavy atom. The van der Waals surface area contributed by atoms with Gasteiger partial charge in [-0.3, -0.25) is 4.90 Å². The molecule has 122 valence electrons. The fraction of sp³-hybridized carbons (Fsp3) is 0.217. The summed E-state index contributed by atoms with van der Waals surface area (Å²) >= 11 is 0. The summed E-state index contributed by atoms with van der Waals surface area (Å²) in [7, 11) is 0. The lowest BCUT2D eigenvalue weighted by molar-refractivity contribution is 0.250. The summed E-state index contributed by atoms with van der Waals surface area (Å²) in [4.78, 5) is 2.37. The molecule has 2 aromatic rings. The Kier molecular flexibility index (Phi) is 7.08. The van der Waals surface area contributed by atoms with E-state index in [-0.39, 0.29) is 6.04 Å². The Morgan fingerprint density at radius 3 is 2.17 bits per heavy atom. The van der Waals surface area contributed by atoms with Gasteiger partial charge in [-0.25, -0.2) is 0 Å². The number of nitrogens with zero attached hydrogens (tertiary/aromatic N) is 1.